The van der Waals surface area contributed by atoms with Crippen LogP contribution in [0.2, 0.25) is 0 Å². The first-order valence-electron chi connectivity index (χ1n) is 13.5. The molecule has 0 bridgehead atoms. The molecule has 4 saturated carbocycles. The Morgan fingerprint density at radius 1 is 1.14 bits per heavy atom. The lowest BCUT2D eigenvalue weighted by molar-refractivity contribution is -0.132. The van der Waals surface area contributed by atoms with E-state index in [2.05, 4.69) is 12.3 Å². The molecule has 4 aliphatic rings. The van der Waals surface area contributed by atoms with E-state index in [-0.39, 0.29) is 29.5 Å². The molecule has 4 aliphatic carbocycles. The van der Waals surface area contributed by atoms with E-state index in [1.807, 2.05) is 0 Å². The Kier molecular flexibility index (Phi) is 6.62. The number of carbonyl (C=O) groups is 1. The number of nitrogens with one attached hydrogen (secondary N) is 1. The molecule has 0 aliphatic heterocycles. The topological polar surface area (TPSA) is 78.6 Å². The third-order valence-corrected chi connectivity index (χ3v) is 10.6. The first-order chi connectivity index (χ1) is 16.7. The number of rotatable bonds is 6. The van der Waals surface area contributed by atoms with Gasteiger partial charge in [-0.2, -0.15) is 0 Å². The number of fused-ring (bicyclic) bond motifs is 5. The summed E-state index contributed by atoms with van der Waals surface area (Å²) in [6.07, 6.45) is 8.52. The molecule has 0 unspecified atom stereocenters. The average Bonchev–Trinajstić information content (AvgIpc) is 3.21. The van der Waals surface area contributed by atoms with Crippen molar-refractivity contribution in [1.82, 2.24) is 5.43 Å². The molecule has 0 amide bonds. The van der Waals surface area contributed by atoms with Gasteiger partial charge in [0.15, 0.2) is 5.78 Å². The Hall–Kier alpha value is -1.73. The third-order valence-electron chi connectivity index (χ3n) is 10.6. The molecular weight excluding hydrogens is 448 g/mol. The minimum absolute atomic E-state index is 0.000192. The molecule has 4 fully saturated rings. The average molecular weight is 490 g/mol. The highest BCUT2D eigenvalue weighted by molar-refractivity contribution is 5.87. The zero-order valence-electron chi connectivity index (χ0n) is 21.1. The number of anilines is 2. The zero-order valence-corrected chi connectivity index (χ0v) is 21.1. The van der Waals surface area contributed by atoms with Gasteiger partial charge in [-0.1, -0.05) is 6.92 Å². The largest absolute Gasteiger partial charge is 0.397 e. The van der Waals surface area contributed by atoms with Gasteiger partial charge in [0.2, 0.25) is 0 Å². The van der Waals surface area contributed by atoms with Crippen molar-refractivity contribution < 1.29 is 18.7 Å². The summed E-state index contributed by atoms with van der Waals surface area (Å²) in [5.41, 5.74) is 8.94. The van der Waals surface area contributed by atoms with Gasteiger partial charge in [-0.3, -0.25) is 9.80 Å². The van der Waals surface area contributed by atoms with Crippen molar-refractivity contribution in [3.63, 3.8) is 0 Å². The van der Waals surface area contributed by atoms with Gasteiger partial charge in [-0.25, -0.2) is 14.2 Å². The molecule has 1 aromatic rings. The van der Waals surface area contributed by atoms with Crippen LogP contribution in [-0.4, -0.2) is 36.8 Å². The van der Waals surface area contributed by atoms with Gasteiger partial charge in [-0.05, 0) is 105 Å². The van der Waals surface area contributed by atoms with Crippen LogP contribution in [0.3, 0.4) is 0 Å². The van der Waals surface area contributed by atoms with Crippen molar-refractivity contribution in [3.05, 3.63) is 24.0 Å². The Balaban J connectivity index is 1.29. The quantitative estimate of drug-likeness (QED) is 0.392. The van der Waals surface area contributed by atoms with Crippen LogP contribution in [0.1, 0.15) is 64.7 Å². The summed E-state index contributed by atoms with van der Waals surface area (Å²) in [6.45, 7) is 1.87. The molecule has 0 saturated heterocycles. The molecule has 4 N–H and O–H groups in total. The van der Waals surface area contributed by atoms with Gasteiger partial charge in [-0.15, -0.1) is 0 Å². The molecule has 5 rings (SSSR count). The van der Waals surface area contributed by atoms with Crippen LogP contribution in [0.25, 0.3) is 0 Å². The van der Waals surface area contributed by atoms with Crippen LogP contribution in [0.5, 0.6) is 0 Å². The number of hydrogen-bond donors (Lipinski definition) is 3. The highest BCUT2D eigenvalue weighted by atomic mass is 19.1. The number of hydrazine groups is 1. The number of aliphatic hydroxyl groups is 1. The van der Waals surface area contributed by atoms with E-state index in [9.17, 15) is 18.7 Å². The van der Waals surface area contributed by atoms with Gasteiger partial charge < -0.3 is 10.8 Å². The highest BCUT2D eigenvalue weighted by Crippen LogP contribution is 2.64. The molecule has 0 heterocycles. The van der Waals surface area contributed by atoms with Crippen molar-refractivity contribution in [2.75, 3.05) is 31.0 Å². The van der Waals surface area contributed by atoms with E-state index in [1.54, 1.807) is 12.1 Å². The summed E-state index contributed by atoms with van der Waals surface area (Å²) in [5, 5.41) is 12.2. The summed E-state index contributed by atoms with van der Waals surface area (Å²) in [6, 6.07) is 4.23. The normalized spacial score (nSPS) is 40.5. The van der Waals surface area contributed by atoms with E-state index in [4.69, 9.17) is 5.73 Å². The number of ketones is 1. The van der Waals surface area contributed by atoms with Crippen LogP contribution >= 0.6 is 0 Å². The van der Waals surface area contributed by atoms with Gasteiger partial charge in [0, 0.05) is 19.0 Å². The van der Waals surface area contributed by atoms with Gasteiger partial charge in [0.1, 0.15) is 12.5 Å². The minimum atomic E-state index is -1.10. The number of carbonyl (C=O) groups excluding carboxylic acids is 1. The number of nitrogens with two attached hydrogens (primary N) is 1. The Bertz CT molecular complexity index is 960. The number of nitrogen functional groups attached to an aromatic ring is 1. The monoisotopic (exact) mass is 489 g/mol. The summed E-state index contributed by atoms with van der Waals surface area (Å²) in [5.74, 6) is 2.67. The molecule has 35 heavy (non-hydrogen) atoms. The fraction of sp³-hybridized carbons (Fsp3) is 0.750. The lowest BCUT2D eigenvalue weighted by Crippen LogP contribution is -2.52. The first-order valence-corrected chi connectivity index (χ1v) is 13.5. The molecule has 0 radical (unpaired) electrons. The number of halogens is 2. The second kappa shape index (κ2) is 9.29. The number of hydrogen-bond acceptors (Lipinski definition) is 5. The van der Waals surface area contributed by atoms with Gasteiger partial charge >= 0.3 is 0 Å². The number of benzene rings is 1. The molecule has 7 heteroatoms. The standard InChI is InChI=1S/C28H41F2N3O2/c1-27-11-9-20-19-10-12-28(35,16-29)14-17(19)3-5-21(20)22(27)6-7-23(27)26(34)15-33(32-2)25-13-18(30)4-8-24(25)31/h4,8,13,17,19-23,32,35H,3,5-7,9-12,14-16,31H2,1-2H3/t17-,19+,20-,21-,22+,23-,27+,28-/m1/s1. The first kappa shape index (κ1) is 24.9. The van der Waals surface area contributed by atoms with Crippen molar-refractivity contribution in [1.29, 1.82) is 0 Å². The molecule has 8 atom stereocenters. The smallest absolute Gasteiger partial charge is 0.157 e. The van der Waals surface area contributed by atoms with Crippen LogP contribution in [0.4, 0.5) is 20.2 Å². The molecule has 0 spiro atoms. The summed E-state index contributed by atoms with van der Waals surface area (Å²) in [7, 11) is 1.73. The predicted molar refractivity (Wildman–Crippen MR) is 134 cm³/mol. The van der Waals surface area contributed by atoms with Crippen LogP contribution in [0, 0.1) is 46.7 Å². The summed E-state index contributed by atoms with van der Waals surface area (Å²) >= 11 is 0. The van der Waals surface area contributed by atoms with E-state index < -0.39 is 12.3 Å². The maximum atomic E-state index is 13.9. The minimum Gasteiger partial charge on any atom is -0.397 e. The Labute approximate surface area is 207 Å². The summed E-state index contributed by atoms with van der Waals surface area (Å²) < 4.78 is 27.3. The van der Waals surface area contributed by atoms with Gasteiger partial charge in [0.05, 0.1) is 23.5 Å². The van der Waals surface area contributed by atoms with Crippen LogP contribution in [0.15, 0.2) is 18.2 Å². The second-order valence-electron chi connectivity index (χ2n) is 12.2. The second-order valence-corrected chi connectivity index (χ2v) is 12.2. The molecule has 1 aromatic carbocycles. The fourth-order valence-electron chi connectivity index (χ4n) is 8.91. The van der Waals surface area contributed by atoms with Crippen LogP contribution in [-0.2, 0) is 4.79 Å². The summed E-state index contributed by atoms with van der Waals surface area (Å²) in [4.78, 5) is 13.7. The molecule has 194 valence electrons. The molecule has 5 nitrogen and oxygen atoms in total. The van der Waals surface area contributed by atoms with Crippen molar-refractivity contribution in [3.8, 4) is 0 Å². The fourth-order valence-corrected chi connectivity index (χ4v) is 8.91. The van der Waals surface area contributed by atoms with Crippen molar-refractivity contribution in [2.45, 2.75) is 70.3 Å². The number of Topliss-reactive ketones (excluding diaryl/α,β-unsaturated/α-hetero) is 1. The van der Waals surface area contributed by atoms with Crippen molar-refractivity contribution >= 4 is 17.2 Å². The van der Waals surface area contributed by atoms with E-state index in [1.165, 1.54) is 18.2 Å². The molecule has 0 aromatic heterocycles. The van der Waals surface area contributed by atoms with E-state index in [0.29, 0.717) is 53.8 Å². The highest BCUT2D eigenvalue weighted by Gasteiger charge is 2.59. The predicted octanol–water partition coefficient (Wildman–Crippen LogP) is 4.89. The van der Waals surface area contributed by atoms with Crippen LogP contribution < -0.4 is 16.2 Å². The van der Waals surface area contributed by atoms with Gasteiger partial charge in [0.25, 0.3) is 0 Å². The number of alkyl halides is 1. The van der Waals surface area contributed by atoms with E-state index >= 15 is 0 Å². The Morgan fingerprint density at radius 3 is 2.66 bits per heavy atom. The molecular formula is C28H41F2N3O2. The Morgan fingerprint density at radius 2 is 1.91 bits per heavy atom. The SMILES string of the molecule is CNN(CC(=O)[C@H]1CC[C@H]2[C@@H]3CC[C@@H]4C[C@@](O)(CF)CC[C@@H]4[C@H]3CC[C@]12C)c1cc(F)ccc1N. The lowest BCUT2D eigenvalue weighted by atomic mass is 9.49. The zero-order chi connectivity index (χ0) is 25.0. The maximum absolute atomic E-state index is 13.9. The van der Waals surface area contributed by atoms with E-state index in [0.717, 1.165) is 44.9 Å². The maximum Gasteiger partial charge on any atom is 0.157 e. The lowest BCUT2D eigenvalue weighted by Gasteiger charge is -2.57. The third kappa shape index (κ3) is 4.26. The van der Waals surface area contributed by atoms with Crippen molar-refractivity contribution in [2.24, 2.45) is 40.9 Å². The number of nitrogens with zero attached hydrogens (tertiary/aromatic N) is 1.